The van der Waals surface area contributed by atoms with Gasteiger partial charge in [0.15, 0.2) is 11.5 Å². The molecular formula is C11H16ClNO3. The number of ether oxygens (including phenoxy) is 3. The van der Waals surface area contributed by atoms with Crippen LogP contribution in [0.25, 0.3) is 0 Å². The summed E-state index contributed by atoms with van der Waals surface area (Å²) in [6, 6.07) is 3.68. The fourth-order valence-corrected chi connectivity index (χ4v) is 1.47. The molecule has 1 rings (SSSR count). The largest absolute Gasteiger partial charge is 0.493 e. The SMILES string of the molecule is COc1cc(NCCCl)cc(OC)c1OC. The highest BCUT2D eigenvalue weighted by Gasteiger charge is 2.12. The first-order valence-corrected chi connectivity index (χ1v) is 5.40. The molecule has 0 spiro atoms. The third kappa shape index (κ3) is 2.85. The molecule has 0 aromatic heterocycles. The van der Waals surface area contributed by atoms with E-state index in [0.717, 1.165) is 5.69 Å². The third-order valence-corrected chi connectivity index (χ3v) is 2.28. The minimum absolute atomic E-state index is 0.538. The lowest BCUT2D eigenvalue weighted by atomic mass is 10.2. The van der Waals surface area contributed by atoms with E-state index in [1.165, 1.54) is 0 Å². The molecule has 0 fully saturated rings. The van der Waals surface area contributed by atoms with Crippen LogP contribution in [0.1, 0.15) is 0 Å². The molecule has 1 N–H and O–H groups in total. The predicted octanol–water partition coefficient (Wildman–Crippen LogP) is 2.36. The van der Waals surface area contributed by atoms with Crippen LogP contribution < -0.4 is 19.5 Å². The van der Waals surface area contributed by atoms with Crippen molar-refractivity contribution >= 4 is 17.3 Å². The lowest BCUT2D eigenvalue weighted by Crippen LogP contribution is -2.04. The Morgan fingerprint density at radius 2 is 1.62 bits per heavy atom. The van der Waals surface area contributed by atoms with Crippen molar-refractivity contribution in [2.45, 2.75) is 0 Å². The number of methoxy groups -OCH3 is 3. The minimum Gasteiger partial charge on any atom is -0.493 e. The zero-order valence-corrected chi connectivity index (χ0v) is 10.4. The molecule has 1 aromatic carbocycles. The minimum atomic E-state index is 0.538. The maximum absolute atomic E-state index is 5.61. The van der Waals surface area contributed by atoms with E-state index >= 15 is 0 Å². The van der Waals surface area contributed by atoms with Crippen LogP contribution in [0, 0.1) is 0 Å². The van der Waals surface area contributed by atoms with Gasteiger partial charge in [0.1, 0.15) is 0 Å². The molecule has 0 amide bonds. The van der Waals surface area contributed by atoms with Gasteiger partial charge in [0.2, 0.25) is 5.75 Å². The Balaban J connectivity index is 3.05. The third-order valence-electron chi connectivity index (χ3n) is 2.09. The van der Waals surface area contributed by atoms with Crippen molar-refractivity contribution in [2.24, 2.45) is 0 Å². The zero-order chi connectivity index (χ0) is 12.0. The molecule has 1 aromatic rings. The number of anilines is 1. The highest BCUT2D eigenvalue weighted by molar-refractivity contribution is 6.18. The van der Waals surface area contributed by atoms with Crippen molar-refractivity contribution in [2.75, 3.05) is 39.1 Å². The van der Waals surface area contributed by atoms with Crippen LogP contribution in [0.4, 0.5) is 5.69 Å². The van der Waals surface area contributed by atoms with Crippen molar-refractivity contribution < 1.29 is 14.2 Å². The van der Waals surface area contributed by atoms with Crippen LogP contribution in [0.5, 0.6) is 17.2 Å². The fraction of sp³-hybridized carbons (Fsp3) is 0.455. The second-order valence-corrected chi connectivity index (χ2v) is 3.41. The van der Waals surface area contributed by atoms with Gasteiger partial charge in [-0.05, 0) is 0 Å². The smallest absolute Gasteiger partial charge is 0.203 e. The molecule has 0 atom stereocenters. The summed E-state index contributed by atoms with van der Waals surface area (Å²) in [4.78, 5) is 0. The topological polar surface area (TPSA) is 39.7 Å². The summed E-state index contributed by atoms with van der Waals surface area (Å²) in [7, 11) is 4.75. The van der Waals surface area contributed by atoms with Gasteiger partial charge in [0, 0.05) is 30.2 Å². The molecule has 0 heterocycles. The number of hydrogen-bond acceptors (Lipinski definition) is 4. The quantitative estimate of drug-likeness (QED) is 0.781. The van der Waals surface area contributed by atoms with Crippen LogP contribution >= 0.6 is 11.6 Å². The van der Waals surface area contributed by atoms with E-state index in [4.69, 9.17) is 25.8 Å². The lowest BCUT2D eigenvalue weighted by Gasteiger charge is -2.14. The van der Waals surface area contributed by atoms with Crippen molar-refractivity contribution in [1.82, 2.24) is 0 Å². The maximum Gasteiger partial charge on any atom is 0.203 e. The monoisotopic (exact) mass is 245 g/mol. The Bertz CT molecular complexity index is 319. The van der Waals surface area contributed by atoms with Gasteiger partial charge in [0.25, 0.3) is 0 Å². The first-order valence-electron chi connectivity index (χ1n) is 4.86. The summed E-state index contributed by atoms with van der Waals surface area (Å²) in [6.45, 7) is 0.681. The van der Waals surface area contributed by atoms with Crippen LogP contribution in [-0.4, -0.2) is 33.8 Å². The van der Waals surface area contributed by atoms with Gasteiger partial charge in [-0.1, -0.05) is 0 Å². The second kappa shape index (κ2) is 6.33. The Kier molecular flexibility index (Phi) is 5.05. The van der Waals surface area contributed by atoms with Crippen LogP contribution in [0.15, 0.2) is 12.1 Å². The van der Waals surface area contributed by atoms with Crippen molar-refractivity contribution in [3.05, 3.63) is 12.1 Å². The van der Waals surface area contributed by atoms with E-state index in [1.807, 2.05) is 12.1 Å². The number of alkyl halides is 1. The summed E-state index contributed by atoms with van der Waals surface area (Å²) in [5.74, 6) is 2.37. The molecule has 0 saturated carbocycles. The van der Waals surface area contributed by atoms with E-state index in [-0.39, 0.29) is 0 Å². The molecule has 0 unspecified atom stereocenters. The Labute approximate surface area is 100 Å². The van der Waals surface area contributed by atoms with Gasteiger partial charge >= 0.3 is 0 Å². The molecule has 0 saturated heterocycles. The first-order chi connectivity index (χ1) is 7.76. The normalized spacial score (nSPS) is 9.75. The second-order valence-electron chi connectivity index (χ2n) is 3.03. The van der Waals surface area contributed by atoms with E-state index in [0.29, 0.717) is 29.7 Å². The summed E-state index contributed by atoms with van der Waals surface area (Å²) in [5.41, 5.74) is 0.884. The Hall–Kier alpha value is -1.29. The number of hydrogen-bond donors (Lipinski definition) is 1. The van der Waals surface area contributed by atoms with Crippen LogP contribution in [-0.2, 0) is 0 Å². The molecule has 5 heteroatoms. The molecule has 16 heavy (non-hydrogen) atoms. The van der Waals surface area contributed by atoms with Crippen molar-refractivity contribution in [1.29, 1.82) is 0 Å². The van der Waals surface area contributed by atoms with Gasteiger partial charge in [-0.2, -0.15) is 0 Å². The van der Waals surface area contributed by atoms with Gasteiger partial charge in [-0.25, -0.2) is 0 Å². The van der Waals surface area contributed by atoms with Gasteiger partial charge in [-0.3, -0.25) is 0 Å². The highest BCUT2D eigenvalue weighted by Crippen LogP contribution is 2.39. The highest BCUT2D eigenvalue weighted by atomic mass is 35.5. The predicted molar refractivity (Wildman–Crippen MR) is 65.3 cm³/mol. The van der Waals surface area contributed by atoms with Crippen molar-refractivity contribution in [3.8, 4) is 17.2 Å². The number of nitrogens with one attached hydrogen (secondary N) is 1. The molecular weight excluding hydrogens is 230 g/mol. The summed E-state index contributed by atoms with van der Waals surface area (Å²) < 4.78 is 15.7. The van der Waals surface area contributed by atoms with Gasteiger partial charge in [0.05, 0.1) is 21.3 Å². The summed E-state index contributed by atoms with van der Waals surface area (Å²) >= 11 is 5.61. The molecule has 0 aliphatic heterocycles. The van der Waals surface area contributed by atoms with E-state index < -0.39 is 0 Å². The molecule has 0 radical (unpaired) electrons. The first kappa shape index (κ1) is 12.8. The number of halogens is 1. The number of benzene rings is 1. The zero-order valence-electron chi connectivity index (χ0n) is 9.67. The van der Waals surface area contributed by atoms with Crippen molar-refractivity contribution in [3.63, 3.8) is 0 Å². The van der Waals surface area contributed by atoms with Crippen LogP contribution in [0.3, 0.4) is 0 Å². The fourth-order valence-electron chi connectivity index (χ4n) is 1.37. The van der Waals surface area contributed by atoms with Crippen LogP contribution in [0.2, 0.25) is 0 Å². The Morgan fingerprint density at radius 1 is 1.06 bits per heavy atom. The molecule has 90 valence electrons. The number of rotatable bonds is 6. The van der Waals surface area contributed by atoms with E-state index in [2.05, 4.69) is 5.32 Å². The van der Waals surface area contributed by atoms with E-state index in [9.17, 15) is 0 Å². The standard InChI is InChI=1S/C11H16ClNO3/c1-14-9-6-8(13-5-4-12)7-10(15-2)11(9)16-3/h6-7,13H,4-5H2,1-3H3. The van der Waals surface area contributed by atoms with E-state index in [1.54, 1.807) is 21.3 Å². The van der Waals surface area contributed by atoms with Gasteiger partial charge in [-0.15, -0.1) is 11.6 Å². The molecule has 4 nitrogen and oxygen atoms in total. The average Bonchev–Trinajstić information content (AvgIpc) is 2.34. The average molecular weight is 246 g/mol. The molecule has 0 aliphatic carbocycles. The lowest BCUT2D eigenvalue weighted by molar-refractivity contribution is 0.324. The summed E-state index contributed by atoms with van der Waals surface area (Å²) in [6.07, 6.45) is 0. The summed E-state index contributed by atoms with van der Waals surface area (Å²) in [5, 5.41) is 3.15. The molecule has 0 bridgehead atoms. The Morgan fingerprint density at radius 3 is 2.00 bits per heavy atom. The van der Waals surface area contributed by atoms with Gasteiger partial charge < -0.3 is 19.5 Å². The molecule has 0 aliphatic rings. The maximum atomic E-state index is 5.61.